The lowest BCUT2D eigenvalue weighted by atomic mass is 10.2. The van der Waals surface area contributed by atoms with Gasteiger partial charge in [-0.2, -0.15) is 11.8 Å². The van der Waals surface area contributed by atoms with Crippen LogP contribution in [0.3, 0.4) is 0 Å². The van der Waals surface area contributed by atoms with E-state index in [1.54, 1.807) is 73.3 Å². The van der Waals surface area contributed by atoms with Crippen molar-refractivity contribution in [2.45, 2.75) is 24.0 Å². The van der Waals surface area contributed by atoms with E-state index >= 15 is 0 Å². The molecule has 0 fully saturated rings. The van der Waals surface area contributed by atoms with Crippen molar-refractivity contribution in [3.05, 3.63) is 89.7 Å². The predicted octanol–water partition coefficient (Wildman–Crippen LogP) is 4.78. The number of halogens is 1. The summed E-state index contributed by atoms with van der Waals surface area (Å²) in [5.74, 6) is 1.52. The van der Waals surface area contributed by atoms with Crippen molar-refractivity contribution in [2.24, 2.45) is 0 Å². The molecule has 0 atom stereocenters. The Labute approximate surface area is 210 Å². The number of hydrogen-bond donors (Lipinski definition) is 1. The van der Waals surface area contributed by atoms with E-state index in [0.29, 0.717) is 23.5 Å². The van der Waals surface area contributed by atoms with Crippen LogP contribution in [0.4, 0.5) is 10.1 Å². The lowest BCUT2D eigenvalue weighted by Gasteiger charge is -2.24. The third-order valence-corrected chi connectivity index (χ3v) is 8.14. The third-order valence-electron chi connectivity index (χ3n) is 5.26. The molecule has 0 heterocycles. The number of methoxy groups -OCH3 is 1. The molecule has 3 aromatic carbocycles. The van der Waals surface area contributed by atoms with E-state index in [0.717, 1.165) is 27.8 Å². The van der Waals surface area contributed by atoms with Crippen LogP contribution in [0.2, 0.25) is 0 Å². The van der Waals surface area contributed by atoms with Gasteiger partial charge in [-0.15, -0.1) is 0 Å². The van der Waals surface area contributed by atoms with Gasteiger partial charge >= 0.3 is 0 Å². The van der Waals surface area contributed by atoms with Crippen LogP contribution in [-0.4, -0.2) is 40.3 Å². The van der Waals surface area contributed by atoms with Gasteiger partial charge in [0.25, 0.3) is 10.0 Å². The fraction of sp³-hybridized carbons (Fsp3) is 0.269. The van der Waals surface area contributed by atoms with Crippen molar-refractivity contribution in [2.75, 3.05) is 30.3 Å². The van der Waals surface area contributed by atoms with Crippen LogP contribution in [0.5, 0.6) is 5.75 Å². The number of amides is 1. The van der Waals surface area contributed by atoms with Gasteiger partial charge in [0.15, 0.2) is 0 Å². The molecule has 35 heavy (non-hydrogen) atoms. The molecule has 0 aromatic heterocycles. The maximum Gasteiger partial charge on any atom is 0.264 e. The van der Waals surface area contributed by atoms with Gasteiger partial charge in [-0.05, 0) is 72.7 Å². The highest BCUT2D eigenvalue weighted by Gasteiger charge is 2.27. The third kappa shape index (κ3) is 7.47. The van der Waals surface area contributed by atoms with E-state index in [4.69, 9.17) is 4.74 Å². The summed E-state index contributed by atoms with van der Waals surface area (Å²) < 4.78 is 46.3. The van der Waals surface area contributed by atoms with Crippen LogP contribution in [0, 0.1) is 12.7 Å². The van der Waals surface area contributed by atoms with E-state index in [2.05, 4.69) is 5.32 Å². The van der Waals surface area contributed by atoms with Crippen LogP contribution in [0.15, 0.2) is 77.7 Å². The summed E-state index contributed by atoms with van der Waals surface area (Å²) >= 11 is 1.69. The van der Waals surface area contributed by atoms with Crippen LogP contribution < -0.4 is 14.4 Å². The summed E-state index contributed by atoms with van der Waals surface area (Å²) in [5, 5.41) is 2.81. The Morgan fingerprint density at radius 2 is 1.77 bits per heavy atom. The summed E-state index contributed by atoms with van der Waals surface area (Å²) in [6, 6.07) is 19.6. The molecule has 0 saturated heterocycles. The Hall–Kier alpha value is -3.04. The predicted molar refractivity (Wildman–Crippen MR) is 139 cm³/mol. The maximum absolute atomic E-state index is 13.5. The number of thioether (sulfide) groups is 1. The number of anilines is 1. The minimum absolute atomic E-state index is 0.0876. The first-order valence-electron chi connectivity index (χ1n) is 11.1. The average molecular weight is 517 g/mol. The molecule has 0 radical (unpaired) electrons. The number of benzene rings is 3. The molecule has 9 heteroatoms. The monoisotopic (exact) mass is 516 g/mol. The minimum atomic E-state index is -3.98. The highest BCUT2D eigenvalue weighted by Crippen LogP contribution is 2.27. The number of aryl methyl sites for hydroxylation is 1. The number of carbonyl (C=O) groups is 1. The fourth-order valence-corrected chi connectivity index (χ4v) is 5.83. The number of para-hydroxylation sites is 1. The van der Waals surface area contributed by atoms with E-state index in [9.17, 15) is 17.6 Å². The van der Waals surface area contributed by atoms with Crippen molar-refractivity contribution in [3.8, 4) is 5.75 Å². The van der Waals surface area contributed by atoms with Gasteiger partial charge in [-0.1, -0.05) is 30.3 Å². The fourth-order valence-electron chi connectivity index (χ4n) is 3.41. The zero-order valence-corrected chi connectivity index (χ0v) is 21.4. The summed E-state index contributed by atoms with van der Waals surface area (Å²) in [7, 11) is -2.46. The second-order valence-corrected chi connectivity index (χ2v) is 10.8. The van der Waals surface area contributed by atoms with E-state index in [1.807, 2.05) is 0 Å². The SMILES string of the molecule is COc1ccc(S(=O)(=O)N(CC(=O)NCCCSCc2ccc(F)cc2)c2ccccc2)cc1C. The van der Waals surface area contributed by atoms with Crippen LogP contribution in [-0.2, 0) is 20.6 Å². The smallest absolute Gasteiger partial charge is 0.264 e. The Morgan fingerprint density at radius 1 is 1.06 bits per heavy atom. The largest absolute Gasteiger partial charge is 0.496 e. The highest BCUT2D eigenvalue weighted by molar-refractivity contribution is 7.98. The molecular weight excluding hydrogens is 487 g/mol. The summed E-state index contributed by atoms with van der Waals surface area (Å²) in [5.41, 5.74) is 2.13. The summed E-state index contributed by atoms with van der Waals surface area (Å²) in [6.07, 6.45) is 0.730. The molecule has 1 amide bonds. The average Bonchev–Trinajstić information content (AvgIpc) is 2.86. The van der Waals surface area contributed by atoms with Crippen molar-refractivity contribution >= 4 is 33.4 Å². The number of hydrogen-bond acceptors (Lipinski definition) is 5. The molecule has 3 aromatic rings. The van der Waals surface area contributed by atoms with Gasteiger partial charge in [0.1, 0.15) is 18.1 Å². The van der Waals surface area contributed by atoms with Gasteiger partial charge in [0.05, 0.1) is 17.7 Å². The molecule has 1 N–H and O–H groups in total. The van der Waals surface area contributed by atoms with Gasteiger partial charge in [-0.25, -0.2) is 12.8 Å². The number of ether oxygens (including phenoxy) is 1. The molecule has 0 aliphatic rings. The number of nitrogens with zero attached hydrogens (tertiary/aromatic N) is 1. The zero-order valence-electron chi connectivity index (χ0n) is 19.7. The van der Waals surface area contributed by atoms with E-state index in [1.165, 1.54) is 25.3 Å². The molecule has 0 unspecified atom stereocenters. The highest BCUT2D eigenvalue weighted by atomic mass is 32.2. The normalized spacial score (nSPS) is 11.2. The Bertz CT molecular complexity index is 1220. The summed E-state index contributed by atoms with van der Waals surface area (Å²) in [4.78, 5) is 12.8. The standard InChI is InChI=1S/C26H29FN2O4S2/c1-20-17-24(13-14-25(20)33-2)35(31,32)29(23-7-4-3-5-8-23)18-26(30)28-15-6-16-34-19-21-9-11-22(27)12-10-21/h3-5,7-14,17H,6,15-16,18-19H2,1-2H3,(H,28,30). The second-order valence-electron chi connectivity index (χ2n) is 7.86. The minimum Gasteiger partial charge on any atom is -0.496 e. The zero-order chi connectivity index (χ0) is 25.3. The molecule has 0 aliphatic heterocycles. The number of rotatable bonds is 12. The van der Waals surface area contributed by atoms with Gasteiger partial charge in [0.2, 0.25) is 5.91 Å². The van der Waals surface area contributed by atoms with Crippen molar-refractivity contribution in [3.63, 3.8) is 0 Å². The molecular formula is C26H29FN2O4S2. The van der Waals surface area contributed by atoms with Crippen molar-refractivity contribution < 1.29 is 22.3 Å². The number of nitrogens with one attached hydrogen (secondary N) is 1. The molecule has 0 saturated carbocycles. The van der Waals surface area contributed by atoms with Crippen molar-refractivity contribution in [1.82, 2.24) is 5.32 Å². The molecule has 0 aliphatic carbocycles. The Balaban J connectivity index is 1.59. The first kappa shape index (κ1) is 26.6. The Kier molecular flexibility index (Phi) is 9.56. The van der Waals surface area contributed by atoms with Crippen LogP contribution in [0.1, 0.15) is 17.5 Å². The van der Waals surface area contributed by atoms with Gasteiger partial charge in [0, 0.05) is 12.3 Å². The van der Waals surface area contributed by atoms with Crippen molar-refractivity contribution in [1.29, 1.82) is 0 Å². The number of sulfonamides is 1. The Morgan fingerprint density at radius 3 is 2.43 bits per heavy atom. The number of carbonyl (C=O) groups excluding carboxylic acids is 1. The lowest BCUT2D eigenvalue weighted by molar-refractivity contribution is -0.119. The quantitative estimate of drug-likeness (QED) is 0.351. The topological polar surface area (TPSA) is 75.7 Å². The first-order chi connectivity index (χ1) is 16.8. The first-order valence-corrected chi connectivity index (χ1v) is 13.7. The van der Waals surface area contributed by atoms with E-state index < -0.39 is 10.0 Å². The lowest BCUT2D eigenvalue weighted by Crippen LogP contribution is -2.41. The van der Waals surface area contributed by atoms with E-state index in [-0.39, 0.29) is 23.2 Å². The molecule has 6 nitrogen and oxygen atoms in total. The molecule has 186 valence electrons. The van der Waals surface area contributed by atoms with Crippen LogP contribution >= 0.6 is 11.8 Å². The molecule has 0 spiro atoms. The van der Waals surface area contributed by atoms with Gasteiger partial charge < -0.3 is 10.1 Å². The van der Waals surface area contributed by atoms with Gasteiger partial charge in [-0.3, -0.25) is 9.10 Å². The maximum atomic E-state index is 13.5. The molecule has 3 rings (SSSR count). The molecule has 0 bridgehead atoms. The summed E-state index contributed by atoms with van der Waals surface area (Å²) in [6.45, 7) is 1.87. The van der Waals surface area contributed by atoms with Crippen LogP contribution in [0.25, 0.3) is 0 Å². The second kappa shape index (κ2) is 12.6.